The van der Waals surface area contributed by atoms with Crippen molar-refractivity contribution in [3.8, 4) is 11.5 Å². The van der Waals surface area contributed by atoms with Crippen molar-refractivity contribution in [2.75, 3.05) is 18.7 Å². The van der Waals surface area contributed by atoms with E-state index in [1.165, 1.54) is 0 Å². The number of anilines is 1. The molecule has 1 atom stereocenters. The molecule has 0 aliphatic carbocycles. The molecule has 8 nitrogen and oxygen atoms in total. The van der Waals surface area contributed by atoms with Crippen LogP contribution in [0.4, 0.5) is 10.5 Å². The fourth-order valence-corrected chi connectivity index (χ4v) is 3.75. The number of imide groups is 1. The summed E-state index contributed by atoms with van der Waals surface area (Å²) in [4.78, 5) is 38.9. The number of nitrogens with one attached hydrogen (secondary N) is 2. The van der Waals surface area contributed by atoms with Gasteiger partial charge < -0.3 is 20.1 Å². The van der Waals surface area contributed by atoms with Crippen LogP contribution in [0.2, 0.25) is 0 Å². The van der Waals surface area contributed by atoms with Crippen LogP contribution < -0.4 is 20.1 Å². The van der Waals surface area contributed by atoms with Gasteiger partial charge in [0, 0.05) is 12.1 Å². The van der Waals surface area contributed by atoms with Crippen molar-refractivity contribution >= 4 is 23.5 Å². The van der Waals surface area contributed by atoms with Gasteiger partial charge in [-0.1, -0.05) is 31.2 Å². The van der Waals surface area contributed by atoms with Crippen molar-refractivity contribution < 1.29 is 23.9 Å². The van der Waals surface area contributed by atoms with Crippen LogP contribution in [-0.2, 0) is 22.4 Å². The van der Waals surface area contributed by atoms with Gasteiger partial charge in [0.25, 0.3) is 5.91 Å². The lowest BCUT2D eigenvalue weighted by atomic mass is 9.92. The van der Waals surface area contributed by atoms with Gasteiger partial charge in [-0.25, -0.2) is 4.79 Å². The van der Waals surface area contributed by atoms with Crippen LogP contribution >= 0.6 is 0 Å². The molecule has 2 aromatic carbocycles. The molecule has 1 fully saturated rings. The molecular weight excluding hydrogens is 386 g/mol. The number of hydrogen-bond donors (Lipinski definition) is 2. The predicted molar refractivity (Wildman–Crippen MR) is 109 cm³/mol. The summed E-state index contributed by atoms with van der Waals surface area (Å²) in [5, 5.41) is 5.51. The molecule has 2 heterocycles. The molecule has 4 amide bonds. The number of aryl methyl sites for hydroxylation is 1. The zero-order valence-electron chi connectivity index (χ0n) is 16.9. The van der Waals surface area contributed by atoms with E-state index in [-0.39, 0.29) is 19.8 Å². The zero-order chi connectivity index (χ0) is 21.3. The third-order valence-corrected chi connectivity index (χ3v) is 5.31. The van der Waals surface area contributed by atoms with Crippen LogP contribution in [0.5, 0.6) is 11.5 Å². The van der Waals surface area contributed by atoms with Crippen molar-refractivity contribution in [2.45, 2.75) is 32.2 Å². The quantitative estimate of drug-likeness (QED) is 0.715. The highest BCUT2D eigenvalue weighted by atomic mass is 16.7. The Bertz CT molecular complexity index is 1020. The summed E-state index contributed by atoms with van der Waals surface area (Å²) in [5.74, 6) is 0.394. The highest BCUT2D eigenvalue weighted by Gasteiger charge is 2.48. The van der Waals surface area contributed by atoms with Crippen molar-refractivity contribution in [3.63, 3.8) is 0 Å². The molecule has 4 rings (SSSR count). The third kappa shape index (κ3) is 3.68. The van der Waals surface area contributed by atoms with Crippen molar-refractivity contribution in [1.82, 2.24) is 10.2 Å². The Labute approximate surface area is 174 Å². The Balaban J connectivity index is 1.44. The van der Waals surface area contributed by atoms with Gasteiger partial charge in [-0.2, -0.15) is 0 Å². The summed E-state index contributed by atoms with van der Waals surface area (Å²) in [7, 11) is 0. The normalized spacial score (nSPS) is 19.7. The van der Waals surface area contributed by atoms with Gasteiger partial charge in [-0.3, -0.25) is 14.5 Å². The van der Waals surface area contributed by atoms with Crippen LogP contribution in [0.25, 0.3) is 0 Å². The highest BCUT2D eigenvalue weighted by Crippen LogP contribution is 2.34. The number of urea groups is 1. The second-order valence-corrected chi connectivity index (χ2v) is 7.58. The fraction of sp³-hybridized carbons (Fsp3) is 0.318. The number of hydrogen-bond acceptors (Lipinski definition) is 5. The Morgan fingerprint density at radius 3 is 2.73 bits per heavy atom. The largest absolute Gasteiger partial charge is 0.454 e. The molecule has 0 bridgehead atoms. The molecule has 156 valence electrons. The first-order valence-corrected chi connectivity index (χ1v) is 9.80. The summed E-state index contributed by atoms with van der Waals surface area (Å²) in [6.07, 6.45) is 1.03. The number of rotatable bonds is 6. The summed E-state index contributed by atoms with van der Waals surface area (Å²) < 4.78 is 10.7. The lowest BCUT2D eigenvalue weighted by Crippen LogP contribution is -2.46. The van der Waals surface area contributed by atoms with Crippen molar-refractivity contribution in [2.24, 2.45) is 0 Å². The number of nitrogens with zero attached hydrogens (tertiary/aromatic N) is 1. The molecule has 0 spiro atoms. The third-order valence-electron chi connectivity index (χ3n) is 5.31. The first-order chi connectivity index (χ1) is 14.4. The summed E-state index contributed by atoms with van der Waals surface area (Å²) in [6.45, 7) is 3.46. The number of para-hydroxylation sites is 1. The Hall–Kier alpha value is -3.55. The molecule has 2 aliphatic heterocycles. The predicted octanol–water partition coefficient (Wildman–Crippen LogP) is 2.47. The lowest BCUT2D eigenvalue weighted by Gasteiger charge is -2.22. The van der Waals surface area contributed by atoms with E-state index in [1.807, 2.05) is 31.2 Å². The fourth-order valence-electron chi connectivity index (χ4n) is 3.75. The number of carbonyl (C=O) groups excluding carboxylic acids is 3. The summed E-state index contributed by atoms with van der Waals surface area (Å²) in [5.41, 5.74) is 1.33. The smallest absolute Gasteiger partial charge is 0.325 e. The van der Waals surface area contributed by atoms with Crippen molar-refractivity contribution in [3.05, 3.63) is 53.6 Å². The van der Waals surface area contributed by atoms with Gasteiger partial charge in [0.15, 0.2) is 11.5 Å². The molecule has 2 aliphatic rings. The summed E-state index contributed by atoms with van der Waals surface area (Å²) in [6, 6.07) is 12.3. The molecule has 0 unspecified atom stereocenters. The summed E-state index contributed by atoms with van der Waals surface area (Å²) >= 11 is 0. The molecular formula is C22H23N3O5. The molecule has 0 saturated carbocycles. The van der Waals surface area contributed by atoms with Crippen LogP contribution in [0.1, 0.15) is 25.0 Å². The minimum atomic E-state index is -1.15. The molecule has 0 radical (unpaired) electrons. The average Bonchev–Trinajstić information content (AvgIpc) is 3.26. The maximum atomic E-state index is 13.0. The van der Waals surface area contributed by atoms with Gasteiger partial charge in [-0.15, -0.1) is 0 Å². The van der Waals surface area contributed by atoms with Crippen LogP contribution in [0.15, 0.2) is 42.5 Å². The minimum absolute atomic E-state index is 0.162. The second-order valence-electron chi connectivity index (χ2n) is 7.58. The van der Waals surface area contributed by atoms with Gasteiger partial charge >= 0.3 is 6.03 Å². The van der Waals surface area contributed by atoms with Gasteiger partial charge in [0.05, 0.1) is 0 Å². The van der Waals surface area contributed by atoms with Crippen molar-refractivity contribution in [1.29, 1.82) is 0 Å². The zero-order valence-corrected chi connectivity index (χ0v) is 16.9. The first kappa shape index (κ1) is 19.8. The van der Waals surface area contributed by atoms with E-state index in [2.05, 4.69) is 10.6 Å². The Morgan fingerprint density at radius 2 is 1.93 bits per heavy atom. The minimum Gasteiger partial charge on any atom is -0.454 e. The Morgan fingerprint density at radius 1 is 1.17 bits per heavy atom. The number of ether oxygens (including phenoxy) is 2. The maximum Gasteiger partial charge on any atom is 0.325 e. The monoisotopic (exact) mass is 409 g/mol. The standard InChI is InChI=1S/C22H23N3O5/c1-3-15-6-4-5-7-16(15)23-19(26)12-25-20(27)22(2,24-21(25)28)11-14-8-9-17-18(10-14)30-13-29-17/h4-10H,3,11-13H2,1-2H3,(H,23,26)(H,24,28)/t22-/m0/s1. The number of carbonyl (C=O) groups is 3. The number of fused-ring (bicyclic) bond motifs is 1. The van der Waals surface area contributed by atoms with E-state index < -0.39 is 23.4 Å². The van der Waals surface area contributed by atoms with Gasteiger partial charge in [-0.05, 0) is 42.7 Å². The average molecular weight is 409 g/mol. The molecule has 1 saturated heterocycles. The lowest BCUT2D eigenvalue weighted by molar-refractivity contribution is -0.133. The molecule has 30 heavy (non-hydrogen) atoms. The van der Waals surface area contributed by atoms with E-state index in [0.29, 0.717) is 17.2 Å². The second kappa shape index (κ2) is 7.70. The number of benzene rings is 2. The molecule has 0 aromatic heterocycles. The van der Waals surface area contributed by atoms with Gasteiger partial charge in [0.1, 0.15) is 12.1 Å². The van der Waals surface area contributed by atoms with Crippen LogP contribution in [-0.4, -0.2) is 41.6 Å². The number of amides is 4. The van der Waals surface area contributed by atoms with E-state index in [1.54, 1.807) is 25.1 Å². The van der Waals surface area contributed by atoms with Gasteiger partial charge in [0.2, 0.25) is 12.7 Å². The topological polar surface area (TPSA) is 97.0 Å². The molecule has 2 aromatic rings. The maximum absolute atomic E-state index is 13.0. The van der Waals surface area contributed by atoms with E-state index in [9.17, 15) is 14.4 Å². The molecule has 2 N–H and O–H groups in total. The molecule has 8 heteroatoms. The van der Waals surface area contributed by atoms with E-state index in [4.69, 9.17) is 9.47 Å². The SMILES string of the molecule is CCc1ccccc1NC(=O)CN1C(=O)N[C@@](C)(Cc2ccc3c(c2)OCO3)C1=O. The first-order valence-electron chi connectivity index (χ1n) is 9.80. The Kier molecular flexibility index (Phi) is 5.07. The van der Waals surface area contributed by atoms with E-state index >= 15 is 0 Å². The highest BCUT2D eigenvalue weighted by molar-refractivity contribution is 6.10. The van der Waals surface area contributed by atoms with Crippen LogP contribution in [0, 0.1) is 0 Å². The van der Waals surface area contributed by atoms with Crippen LogP contribution in [0.3, 0.4) is 0 Å². The van der Waals surface area contributed by atoms with E-state index in [0.717, 1.165) is 22.4 Å².